The van der Waals surface area contributed by atoms with Crippen LogP contribution in [0.5, 0.6) is 0 Å². The van der Waals surface area contributed by atoms with Crippen LogP contribution in [0.25, 0.3) is 0 Å². The first-order valence-electron chi connectivity index (χ1n) is 6.60. The van der Waals surface area contributed by atoms with Crippen LogP contribution in [0, 0.1) is 6.92 Å². The molecule has 4 nitrogen and oxygen atoms in total. The van der Waals surface area contributed by atoms with Crippen molar-refractivity contribution in [2.24, 2.45) is 0 Å². The lowest BCUT2D eigenvalue weighted by Gasteiger charge is -2.26. The molecule has 1 aliphatic heterocycles. The monoisotopic (exact) mass is 281 g/mol. The highest BCUT2D eigenvalue weighted by atomic mass is 32.1. The molecule has 0 N–H and O–H groups in total. The topological polar surface area (TPSA) is 46.6 Å². The van der Waals surface area contributed by atoms with Gasteiger partial charge in [-0.15, -0.1) is 11.3 Å². The third kappa shape index (κ3) is 4.14. The molecule has 0 aromatic carbocycles. The van der Waals surface area contributed by atoms with E-state index in [1.54, 1.807) is 11.3 Å². The van der Waals surface area contributed by atoms with Gasteiger partial charge in [0.05, 0.1) is 13.2 Å². The van der Waals surface area contributed by atoms with E-state index in [1.165, 1.54) is 0 Å². The summed E-state index contributed by atoms with van der Waals surface area (Å²) in [7, 11) is 0. The fourth-order valence-corrected chi connectivity index (χ4v) is 2.81. The first kappa shape index (κ1) is 14.2. The van der Waals surface area contributed by atoms with Crippen molar-refractivity contribution in [3.63, 3.8) is 0 Å². The van der Waals surface area contributed by atoms with E-state index in [4.69, 9.17) is 4.74 Å². The number of ether oxygens (including phenoxy) is 1. The number of Topliss-reactive ketones (excluding diaryl/α,β-unsaturated/α-hetero) is 1. The maximum Gasteiger partial charge on any atom is 0.222 e. The maximum absolute atomic E-state index is 11.9. The Morgan fingerprint density at radius 2 is 2.05 bits per heavy atom. The summed E-state index contributed by atoms with van der Waals surface area (Å²) in [4.78, 5) is 26.7. The molecule has 2 heterocycles. The number of carbonyl (C=O) groups is 2. The van der Waals surface area contributed by atoms with E-state index >= 15 is 0 Å². The van der Waals surface area contributed by atoms with Crippen molar-refractivity contribution in [1.29, 1.82) is 0 Å². The number of nitrogens with zero attached hydrogens (tertiary/aromatic N) is 1. The summed E-state index contributed by atoms with van der Waals surface area (Å²) < 4.78 is 5.21. The quantitative estimate of drug-likeness (QED) is 0.778. The van der Waals surface area contributed by atoms with E-state index in [0.717, 1.165) is 10.4 Å². The van der Waals surface area contributed by atoms with Crippen molar-refractivity contribution in [3.05, 3.63) is 21.9 Å². The largest absolute Gasteiger partial charge is 0.378 e. The molecule has 0 saturated carbocycles. The van der Waals surface area contributed by atoms with Gasteiger partial charge in [0.25, 0.3) is 0 Å². The molecule has 1 aliphatic rings. The molecule has 0 aliphatic carbocycles. The molecule has 104 valence electrons. The molecule has 0 bridgehead atoms. The number of morpholine rings is 1. The highest BCUT2D eigenvalue weighted by Gasteiger charge is 2.17. The summed E-state index contributed by atoms with van der Waals surface area (Å²) >= 11 is 1.59. The van der Waals surface area contributed by atoms with Gasteiger partial charge in [-0.05, 0) is 19.4 Å². The summed E-state index contributed by atoms with van der Waals surface area (Å²) in [6, 6.07) is 1.91. The van der Waals surface area contributed by atoms with E-state index in [-0.39, 0.29) is 11.7 Å². The summed E-state index contributed by atoms with van der Waals surface area (Å²) in [5.41, 5.74) is 0.779. The zero-order chi connectivity index (χ0) is 13.7. The van der Waals surface area contributed by atoms with Gasteiger partial charge in [0.2, 0.25) is 5.91 Å². The van der Waals surface area contributed by atoms with Crippen LogP contribution < -0.4 is 0 Å². The van der Waals surface area contributed by atoms with Crippen molar-refractivity contribution in [2.45, 2.75) is 26.2 Å². The van der Waals surface area contributed by atoms with E-state index in [2.05, 4.69) is 0 Å². The Morgan fingerprint density at radius 3 is 2.68 bits per heavy atom. The van der Waals surface area contributed by atoms with Crippen LogP contribution in [-0.2, 0) is 9.53 Å². The highest BCUT2D eigenvalue weighted by molar-refractivity contribution is 7.10. The predicted octanol–water partition coefficient (Wildman–Crippen LogP) is 2.27. The number of amides is 1. The Labute approximate surface area is 117 Å². The summed E-state index contributed by atoms with van der Waals surface area (Å²) in [6.45, 7) is 4.59. The van der Waals surface area contributed by atoms with E-state index in [1.807, 2.05) is 23.3 Å². The van der Waals surface area contributed by atoms with Gasteiger partial charge in [0.1, 0.15) is 0 Å². The maximum atomic E-state index is 11.9. The molecule has 1 amide bonds. The molecule has 0 spiro atoms. The molecule has 0 radical (unpaired) electrons. The standard InChI is InChI=1S/C14H19NO3S/c1-11-9-12(10-19-11)13(16)3-2-4-14(17)15-5-7-18-8-6-15/h9-10H,2-8H2,1H3. The van der Waals surface area contributed by atoms with Gasteiger partial charge >= 0.3 is 0 Å². The van der Waals surface area contributed by atoms with Crippen LogP contribution in [0.2, 0.25) is 0 Å². The predicted molar refractivity (Wildman–Crippen MR) is 74.6 cm³/mol. The lowest BCUT2D eigenvalue weighted by Crippen LogP contribution is -2.40. The van der Waals surface area contributed by atoms with Crippen LogP contribution in [0.3, 0.4) is 0 Å². The molecule has 0 unspecified atom stereocenters. The molecule has 1 aromatic heterocycles. The average molecular weight is 281 g/mol. The number of hydrogen-bond donors (Lipinski definition) is 0. The Kier molecular flexibility index (Phi) is 5.10. The van der Waals surface area contributed by atoms with Crippen LogP contribution in [0.1, 0.15) is 34.5 Å². The first-order valence-corrected chi connectivity index (χ1v) is 7.48. The molecule has 19 heavy (non-hydrogen) atoms. The molecule has 1 aromatic rings. The van der Waals surface area contributed by atoms with Crippen LogP contribution in [0.15, 0.2) is 11.4 Å². The Morgan fingerprint density at radius 1 is 1.32 bits per heavy atom. The van der Waals surface area contributed by atoms with Gasteiger partial charge in [-0.3, -0.25) is 9.59 Å². The van der Waals surface area contributed by atoms with Crippen LogP contribution >= 0.6 is 11.3 Å². The van der Waals surface area contributed by atoms with Gasteiger partial charge in [0, 0.05) is 41.8 Å². The second kappa shape index (κ2) is 6.82. The van der Waals surface area contributed by atoms with Crippen molar-refractivity contribution >= 4 is 23.0 Å². The van der Waals surface area contributed by atoms with Crippen molar-refractivity contribution in [2.75, 3.05) is 26.3 Å². The SMILES string of the molecule is Cc1cc(C(=O)CCCC(=O)N2CCOCC2)cs1. The van der Waals surface area contributed by atoms with Crippen LogP contribution in [0.4, 0.5) is 0 Å². The molecule has 1 saturated heterocycles. The van der Waals surface area contributed by atoms with Crippen molar-refractivity contribution in [3.8, 4) is 0 Å². The zero-order valence-electron chi connectivity index (χ0n) is 11.2. The van der Waals surface area contributed by atoms with Gasteiger partial charge < -0.3 is 9.64 Å². The Bertz CT molecular complexity index is 449. The van der Waals surface area contributed by atoms with Gasteiger partial charge in [0.15, 0.2) is 5.78 Å². The number of thiophene rings is 1. The lowest BCUT2D eigenvalue weighted by molar-refractivity contribution is -0.135. The van der Waals surface area contributed by atoms with Crippen molar-refractivity contribution in [1.82, 2.24) is 4.90 Å². The minimum absolute atomic E-state index is 0.137. The molecular formula is C14H19NO3S. The van der Waals surface area contributed by atoms with Gasteiger partial charge in [-0.2, -0.15) is 0 Å². The summed E-state index contributed by atoms with van der Waals surface area (Å²) in [6.07, 6.45) is 1.53. The minimum Gasteiger partial charge on any atom is -0.378 e. The number of hydrogen-bond acceptors (Lipinski definition) is 4. The number of rotatable bonds is 5. The molecular weight excluding hydrogens is 262 g/mol. The van der Waals surface area contributed by atoms with Gasteiger partial charge in [-0.25, -0.2) is 0 Å². The fraction of sp³-hybridized carbons (Fsp3) is 0.571. The van der Waals surface area contributed by atoms with E-state index < -0.39 is 0 Å². The fourth-order valence-electron chi connectivity index (χ4n) is 2.11. The smallest absolute Gasteiger partial charge is 0.222 e. The Balaban J connectivity index is 1.71. The first-order chi connectivity index (χ1) is 9.16. The lowest BCUT2D eigenvalue weighted by atomic mass is 10.1. The second-order valence-corrected chi connectivity index (χ2v) is 5.83. The Hall–Kier alpha value is -1.20. The van der Waals surface area contributed by atoms with Gasteiger partial charge in [-0.1, -0.05) is 0 Å². The van der Waals surface area contributed by atoms with E-state index in [0.29, 0.717) is 45.6 Å². The third-order valence-electron chi connectivity index (χ3n) is 3.21. The molecule has 1 fully saturated rings. The number of aryl methyl sites for hydroxylation is 1. The summed E-state index contributed by atoms with van der Waals surface area (Å²) in [5, 5.41) is 1.89. The number of ketones is 1. The average Bonchev–Trinajstić information content (AvgIpc) is 2.86. The highest BCUT2D eigenvalue weighted by Crippen LogP contribution is 2.16. The normalized spacial score (nSPS) is 15.5. The van der Waals surface area contributed by atoms with E-state index in [9.17, 15) is 9.59 Å². The zero-order valence-corrected chi connectivity index (χ0v) is 12.0. The van der Waals surface area contributed by atoms with Crippen LogP contribution in [-0.4, -0.2) is 42.9 Å². The van der Waals surface area contributed by atoms with Crippen molar-refractivity contribution < 1.29 is 14.3 Å². The minimum atomic E-state index is 0.137. The third-order valence-corrected chi connectivity index (χ3v) is 4.07. The second-order valence-electron chi connectivity index (χ2n) is 4.72. The molecule has 5 heteroatoms. The molecule has 0 atom stereocenters. The molecule has 2 rings (SSSR count). The number of carbonyl (C=O) groups excluding carboxylic acids is 2. The summed E-state index contributed by atoms with van der Waals surface area (Å²) in [5.74, 6) is 0.275.